The zero-order valence-electron chi connectivity index (χ0n) is 16.8. The molecule has 0 aromatic carbocycles. The summed E-state index contributed by atoms with van der Waals surface area (Å²) in [7, 11) is -2.77. The van der Waals surface area contributed by atoms with Gasteiger partial charge in [0.25, 0.3) is 0 Å². The van der Waals surface area contributed by atoms with Crippen molar-refractivity contribution in [2.24, 2.45) is 0 Å². The maximum atomic E-state index is 9.27. The van der Waals surface area contributed by atoms with Gasteiger partial charge in [-0.15, -0.1) is 0 Å². The van der Waals surface area contributed by atoms with Crippen molar-refractivity contribution in [1.82, 2.24) is 0 Å². The maximum Gasteiger partial charge on any atom is 1.00 e. The van der Waals surface area contributed by atoms with Crippen molar-refractivity contribution in [1.29, 1.82) is 0 Å². The molecule has 0 rings (SSSR count). The van der Waals surface area contributed by atoms with E-state index in [1.54, 1.807) is 0 Å². The van der Waals surface area contributed by atoms with Crippen LogP contribution in [0.1, 0.15) is 44.4 Å². The fourth-order valence-electron chi connectivity index (χ4n) is 0.853. The molecule has 0 unspecified atom stereocenters. The second kappa shape index (κ2) is 19.8. The van der Waals surface area contributed by atoms with Gasteiger partial charge in [-0.25, -0.2) is 4.79 Å². The maximum absolute atomic E-state index is 9.27. The fourth-order valence-corrected chi connectivity index (χ4v) is 0.853. The molecule has 122 valence electrons. The van der Waals surface area contributed by atoms with Gasteiger partial charge in [0.15, 0.2) is 0 Å². The van der Waals surface area contributed by atoms with Crippen LogP contribution >= 0.6 is 0 Å². The van der Waals surface area contributed by atoms with Crippen LogP contribution in [-0.4, -0.2) is 54.3 Å². The molecule has 0 aliphatic carbocycles. The molecule has 0 aliphatic heterocycles. The Morgan fingerprint density at radius 1 is 0.864 bits per heavy atom. The molecule has 0 saturated heterocycles. The smallest absolute Gasteiger partial charge is 1.00 e. The van der Waals surface area contributed by atoms with Crippen LogP contribution < -0.4 is 103 Å². The van der Waals surface area contributed by atoms with Gasteiger partial charge < -0.3 is 36.6 Å². The first-order valence-corrected chi connectivity index (χ1v) is 6.26. The van der Waals surface area contributed by atoms with Gasteiger partial charge in [0.05, 0.1) is 0 Å². The zero-order valence-corrected chi connectivity index (χ0v) is 21.0. The fraction of sp³-hybridized carbons (Fsp3) is 0.900. The quantitative estimate of drug-likeness (QED) is 0.380. The molecule has 8 nitrogen and oxygen atoms in total. The molecule has 0 aromatic heterocycles. The van der Waals surface area contributed by atoms with Gasteiger partial charge in [0.2, 0.25) is 0 Å². The van der Waals surface area contributed by atoms with Crippen LogP contribution in [0.3, 0.4) is 0 Å². The standard InChI is InChI=1S/C9H21BO3.CH3BO5.2K.2H/c1-7(2)11-10(12-8(3)4)13-9(5)6;3-1(4)7-2(5)6;;;;/h7-9H,1-6H3;5-6H,(H,3,4);;;;/q;;2*+1;2*-1. The largest absolute Gasteiger partial charge is 1.00 e. The Hall–Kier alpha value is 2.47. The molecular formula is C10H26B2K2O8. The Labute approximate surface area is 221 Å². The Morgan fingerprint density at radius 3 is 1.23 bits per heavy atom. The van der Waals surface area contributed by atoms with Gasteiger partial charge in [0.1, 0.15) is 0 Å². The molecule has 0 radical (unpaired) electrons. The van der Waals surface area contributed by atoms with Crippen molar-refractivity contribution in [2.75, 3.05) is 0 Å². The summed E-state index contributed by atoms with van der Waals surface area (Å²) in [5.41, 5.74) is 0. The number of hydrogen-bond acceptors (Lipinski definition) is 7. The van der Waals surface area contributed by atoms with Crippen molar-refractivity contribution in [3.05, 3.63) is 0 Å². The molecule has 12 heteroatoms. The van der Waals surface area contributed by atoms with Crippen LogP contribution in [0, 0.1) is 0 Å². The van der Waals surface area contributed by atoms with E-state index in [2.05, 4.69) is 4.65 Å². The molecule has 0 atom stereocenters. The number of hydrogen-bond donors (Lipinski definition) is 3. The third-order valence-electron chi connectivity index (χ3n) is 1.36. The van der Waals surface area contributed by atoms with Gasteiger partial charge >= 0.3 is 124 Å². The zero-order chi connectivity index (χ0) is 16.3. The van der Waals surface area contributed by atoms with E-state index in [1.807, 2.05) is 41.5 Å². The third kappa shape index (κ3) is 30.4. The van der Waals surface area contributed by atoms with Crippen LogP contribution in [0.4, 0.5) is 4.79 Å². The average Bonchev–Trinajstić information content (AvgIpc) is 2.11. The van der Waals surface area contributed by atoms with Crippen molar-refractivity contribution in [3.63, 3.8) is 0 Å². The molecule has 22 heavy (non-hydrogen) atoms. The third-order valence-corrected chi connectivity index (χ3v) is 1.36. The number of rotatable bonds is 7. The van der Waals surface area contributed by atoms with Crippen LogP contribution in [0.15, 0.2) is 0 Å². The first-order valence-electron chi connectivity index (χ1n) is 6.26. The summed E-state index contributed by atoms with van der Waals surface area (Å²) in [6.07, 6.45) is -1.37. The molecule has 0 heterocycles. The van der Waals surface area contributed by atoms with Crippen molar-refractivity contribution < 1.29 is 144 Å². The van der Waals surface area contributed by atoms with E-state index in [0.29, 0.717) is 0 Å². The van der Waals surface area contributed by atoms with E-state index in [9.17, 15) is 4.79 Å². The summed E-state index contributed by atoms with van der Waals surface area (Å²) in [6.45, 7) is 11.8. The monoisotopic (exact) mass is 374 g/mol. The van der Waals surface area contributed by atoms with Gasteiger partial charge in [0, 0.05) is 18.3 Å². The molecule has 0 aromatic rings. The molecule has 0 spiro atoms. The second-order valence-corrected chi connectivity index (χ2v) is 4.55. The van der Waals surface area contributed by atoms with Crippen molar-refractivity contribution in [3.8, 4) is 0 Å². The predicted molar refractivity (Wildman–Crippen MR) is 75.9 cm³/mol. The second-order valence-electron chi connectivity index (χ2n) is 4.55. The molecule has 3 N–H and O–H groups in total. The Morgan fingerprint density at radius 2 is 1.14 bits per heavy atom. The minimum absolute atomic E-state index is 0. The summed E-state index contributed by atoms with van der Waals surface area (Å²) in [6, 6.07) is 0. The summed E-state index contributed by atoms with van der Waals surface area (Å²) in [5, 5.41) is 22.9. The molecular weight excluding hydrogens is 348 g/mol. The summed E-state index contributed by atoms with van der Waals surface area (Å²) in [4.78, 5) is 9.27. The van der Waals surface area contributed by atoms with Crippen molar-refractivity contribution in [2.45, 2.75) is 59.9 Å². The SMILES string of the molecule is CC(C)OB(OC(C)C)OC(C)C.O=C(O)OB(O)O.[H-].[H-].[K+].[K+]. The van der Waals surface area contributed by atoms with E-state index >= 15 is 0 Å². The van der Waals surface area contributed by atoms with Gasteiger partial charge in [-0.3, -0.25) is 0 Å². The Bertz CT molecular complexity index is 243. The van der Waals surface area contributed by atoms with E-state index in [1.165, 1.54) is 0 Å². The minimum atomic E-state index is -2.22. The van der Waals surface area contributed by atoms with E-state index < -0.39 is 20.8 Å². The predicted octanol–water partition coefficient (Wildman–Crippen LogP) is -4.87. The normalized spacial score (nSPS) is 9.41. The van der Waals surface area contributed by atoms with Gasteiger partial charge in [-0.1, -0.05) is 0 Å². The topological polar surface area (TPSA) is 115 Å². The Balaban J connectivity index is -0.0000000650. The first-order chi connectivity index (χ1) is 9.04. The van der Waals surface area contributed by atoms with Crippen molar-refractivity contribution >= 4 is 20.8 Å². The molecule has 0 bridgehead atoms. The molecule has 0 fully saturated rings. The Kier molecular flexibility index (Phi) is 28.9. The average molecular weight is 374 g/mol. The van der Waals surface area contributed by atoms with E-state index in [4.69, 9.17) is 29.1 Å². The van der Waals surface area contributed by atoms with Gasteiger partial charge in [-0.05, 0) is 41.5 Å². The van der Waals surface area contributed by atoms with Crippen LogP contribution in [0.5, 0.6) is 0 Å². The van der Waals surface area contributed by atoms with Crippen LogP contribution in [0.25, 0.3) is 0 Å². The molecule has 0 amide bonds. The first kappa shape index (κ1) is 32.2. The summed E-state index contributed by atoms with van der Waals surface area (Å²) in [5.74, 6) is 0. The van der Waals surface area contributed by atoms with Crippen LogP contribution in [0.2, 0.25) is 0 Å². The molecule has 0 saturated carbocycles. The summed E-state index contributed by atoms with van der Waals surface area (Å²) >= 11 is 0. The van der Waals surface area contributed by atoms with Gasteiger partial charge in [-0.2, -0.15) is 0 Å². The molecule has 0 aliphatic rings. The van der Waals surface area contributed by atoms with E-state index in [-0.39, 0.29) is 124 Å². The summed E-state index contributed by atoms with van der Waals surface area (Å²) < 4.78 is 19.6. The number of carboxylic acid groups (broad SMARTS) is 1. The minimum Gasteiger partial charge on any atom is -1.00 e. The number of carbonyl (C=O) groups is 1. The van der Waals surface area contributed by atoms with E-state index in [0.717, 1.165) is 0 Å². The van der Waals surface area contributed by atoms with Crippen LogP contribution in [-0.2, 0) is 18.6 Å².